The van der Waals surface area contributed by atoms with Crippen LogP contribution in [-0.4, -0.2) is 33.9 Å². The molecule has 1 rings (SSSR count). The van der Waals surface area contributed by atoms with Crippen molar-refractivity contribution in [3.63, 3.8) is 0 Å². The van der Waals surface area contributed by atoms with Crippen molar-refractivity contribution in [2.75, 3.05) is 0 Å². The highest BCUT2D eigenvalue weighted by Gasteiger charge is 2.27. The first-order chi connectivity index (χ1) is 11.1. The Labute approximate surface area is 147 Å². The molecule has 1 aromatic rings. The van der Waals surface area contributed by atoms with Crippen LogP contribution in [0.5, 0.6) is 0 Å². The first-order valence-corrected chi connectivity index (χ1v) is 8.71. The van der Waals surface area contributed by atoms with Crippen molar-refractivity contribution in [2.45, 2.75) is 57.9 Å². The van der Waals surface area contributed by atoms with E-state index < -0.39 is 22.9 Å². The van der Waals surface area contributed by atoms with Gasteiger partial charge in [0, 0.05) is 6.92 Å². The highest BCUT2D eigenvalue weighted by atomic mass is 32.2. The standard InChI is InChI=1S/C18H25NO4S/c1-12(17(22)23-18(3,4)5)19-16(21)15(24-13(2)20)11-14-9-7-6-8-10-14/h6-10,12,15H,11H2,1-5H3,(H,19,21)/t12-,15-/m0/s1. The minimum absolute atomic E-state index is 0.143. The second-order valence-electron chi connectivity index (χ2n) is 6.55. The first-order valence-electron chi connectivity index (χ1n) is 7.83. The molecule has 2 atom stereocenters. The molecule has 0 unspecified atom stereocenters. The molecule has 0 saturated heterocycles. The average Bonchev–Trinajstić information content (AvgIpc) is 2.45. The number of hydrogen-bond donors (Lipinski definition) is 1. The largest absolute Gasteiger partial charge is 0.458 e. The molecule has 0 bridgehead atoms. The summed E-state index contributed by atoms with van der Waals surface area (Å²) in [5, 5.41) is 1.91. The Morgan fingerprint density at radius 3 is 2.25 bits per heavy atom. The molecule has 24 heavy (non-hydrogen) atoms. The Bertz CT molecular complexity index is 580. The molecular weight excluding hydrogens is 326 g/mol. The lowest BCUT2D eigenvalue weighted by Gasteiger charge is -2.24. The van der Waals surface area contributed by atoms with Gasteiger partial charge in [0.1, 0.15) is 11.6 Å². The van der Waals surface area contributed by atoms with Crippen LogP contribution in [0.15, 0.2) is 30.3 Å². The summed E-state index contributed by atoms with van der Waals surface area (Å²) in [7, 11) is 0. The van der Waals surface area contributed by atoms with Crippen LogP contribution in [0.2, 0.25) is 0 Å². The molecule has 6 heteroatoms. The SMILES string of the molecule is CC(=O)S[C@@H](Cc1ccccc1)C(=O)N[C@@H](C)C(=O)OC(C)(C)C. The number of thioether (sulfide) groups is 1. The quantitative estimate of drug-likeness (QED) is 0.798. The van der Waals surface area contributed by atoms with E-state index in [2.05, 4.69) is 5.32 Å². The van der Waals surface area contributed by atoms with Crippen LogP contribution in [0.4, 0.5) is 0 Å². The second kappa shape index (κ2) is 8.87. The summed E-state index contributed by atoms with van der Waals surface area (Å²) < 4.78 is 5.25. The lowest BCUT2D eigenvalue weighted by Crippen LogP contribution is -2.46. The fourth-order valence-electron chi connectivity index (χ4n) is 1.97. The number of ether oxygens (including phenoxy) is 1. The van der Waals surface area contributed by atoms with E-state index in [-0.39, 0.29) is 11.0 Å². The lowest BCUT2D eigenvalue weighted by molar-refractivity contribution is -0.158. The molecular formula is C18H25NO4S. The Balaban J connectivity index is 2.74. The molecule has 0 aliphatic heterocycles. The number of amides is 1. The van der Waals surface area contributed by atoms with Crippen molar-refractivity contribution in [1.82, 2.24) is 5.32 Å². The molecule has 0 spiro atoms. The summed E-state index contributed by atoms with van der Waals surface area (Å²) in [6.45, 7) is 8.30. The van der Waals surface area contributed by atoms with Gasteiger partial charge in [-0.05, 0) is 39.7 Å². The van der Waals surface area contributed by atoms with Gasteiger partial charge in [0.2, 0.25) is 5.91 Å². The third-order valence-corrected chi connectivity index (χ3v) is 3.98. The summed E-state index contributed by atoms with van der Waals surface area (Å²) in [5.41, 5.74) is 0.338. The number of carbonyl (C=O) groups excluding carboxylic acids is 3. The summed E-state index contributed by atoms with van der Waals surface area (Å²) in [4.78, 5) is 35.9. The average molecular weight is 351 g/mol. The highest BCUT2D eigenvalue weighted by Crippen LogP contribution is 2.18. The number of esters is 1. The van der Waals surface area contributed by atoms with Crippen LogP contribution in [0.25, 0.3) is 0 Å². The summed E-state index contributed by atoms with van der Waals surface area (Å²) in [5.74, 6) is -0.848. The highest BCUT2D eigenvalue weighted by molar-refractivity contribution is 8.14. The van der Waals surface area contributed by atoms with Gasteiger partial charge < -0.3 is 10.1 Å². The fraction of sp³-hybridized carbons (Fsp3) is 0.500. The molecule has 0 fully saturated rings. The van der Waals surface area contributed by atoms with Crippen molar-refractivity contribution in [3.8, 4) is 0 Å². The molecule has 1 aromatic carbocycles. The molecule has 5 nitrogen and oxygen atoms in total. The van der Waals surface area contributed by atoms with Gasteiger partial charge in [-0.15, -0.1) is 0 Å². The van der Waals surface area contributed by atoms with Gasteiger partial charge >= 0.3 is 5.97 Å². The van der Waals surface area contributed by atoms with Gasteiger partial charge in [0.05, 0.1) is 5.25 Å². The normalized spacial score (nSPS) is 13.7. The predicted molar refractivity (Wildman–Crippen MR) is 95.7 cm³/mol. The molecule has 0 aliphatic carbocycles. The van der Waals surface area contributed by atoms with Crippen molar-refractivity contribution in [2.24, 2.45) is 0 Å². The monoisotopic (exact) mass is 351 g/mol. The van der Waals surface area contributed by atoms with Crippen molar-refractivity contribution in [3.05, 3.63) is 35.9 Å². The minimum atomic E-state index is -0.775. The summed E-state index contributed by atoms with van der Waals surface area (Å²) in [6.07, 6.45) is 0.415. The van der Waals surface area contributed by atoms with E-state index in [9.17, 15) is 14.4 Å². The van der Waals surface area contributed by atoms with Gasteiger partial charge in [-0.1, -0.05) is 42.1 Å². The van der Waals surface area contributed by atoms with E-state index in [1.807, 2.05) is 30.3 Å². The first kappa shape index (κ1) is 20.2. The molecule has 0 saturated carbocycles. The number of nitrogens with one attached hydrogen (secondary N) is 1. The van der Waals surface area contributed by atoms with Crippen molar-refractivity contribution >= 4 is 28.8 Å². The molecule has 1 amide bonds. The van der Waals surface area contributed by atoms with Crippen LogP contribution in [0.3, 0.4) is 0 Å². The van der Waals surface area contributed by atoms with Crippen LogP contribution in [0.1, 0.15) is 40.2 Å². The van der Waals surface area contributed by atoms with Gasteiger partial charge in [-0.3, -0.25) is 9.59 Å². The minimum Gasteiger partial charge on any atom is -0.458 e. The number of benzene rings is 1. The topological polar surface area (TPSA) is 72.5 Å². The van der Waals surface area contributed by atoms with Crippen LogP contribution in [-0.2, 0) is 25.5 Å². The maximum absolute atomic E-state index is 12.5. The third-order valence-electron chi connectivity index (χ3n) is 2.98. The van der Waals surface area contributed by atoms with E-state index in [1.165, 1.54) is 6.92 Å². The Kier molecular flexibility index (Phi) is 7.48. The van der Waals surface area contributed by atoms with E-state index in [0.29, 0.717) is 6.42 Å². The van der Waals surface area contributed by atoms with Crippen molar-refractivity contribution < 1.29 is 19.1 Å². The number of hydrogen-bond acceptors (Lipinski definition) is 5. The Hall–Kier alpha value is -1.82. The van der Waals surface area contributed by atoms with Crippen LogP contribution < -0.4 is 5.32 Å². The second-order valence-corrected chi connectivity index (χ2v) is 7.93. The molecule has 1 N–H and O–H groups in total. The third kappa shape index (κ3) is 7.64. The van der Waals surface area contributed by atoms with E-state index >= 15 is 0 Å². The summed E-state index contributed by atoms with van der Waals surface area (Å²) in [6, 6.07) is 8.68. The van der Waals surface area contributed by atoms with Crippen LogP contribution in [0, 0.1) is 0 Å². The summed E-state index contributed by atoms with van der Waals surface area (Å²) >= 11 is 0.966. The zero-order chi connectivity index (χ0) is 18.3. The maximum atomic E-state index is 12.5. The predicted octanol–water partition coefficient (Wildman–Crippen LogP) is 2.72. The van der Waals surface area contributed by atoms with E-state index in [4.69, 9.17) is 4.74 Å². The number of carbonyl (C=O) groups is 3. The maximum Gasteiger partial charge on any atom is 0.328 e. The van der Waals surface area contributed by atoms with Gasteiger partial charge in [-0.25, -0.2) is 4.79 Å². The van der Waals surface area contributed by atoms with Gasteiger partial charge in [0.15, 0.2) is 5.12 Å². The molecule has 132 valence electrons. The van der Waals surface area contributed by atoms with Gasteiger partial charge in [0.25, 0.3) is 0 Å². The zero-order valence-electron chi connectivity index (χ0n) is 14.8. The molecule has 0 heterocycles. The number of rotatable bonds is 6. The lowest BCUT2D eigenvalue weighted by atomic mass is 10.1. The fourth-order valence-corrected chi connectivity index (χ4v) is 2.82. The Morgan fingerprint density at radius 1 is 1.17 bits per heavy atom. The molecule has 0 aliphatic rings. The van der Waals surface area contributed by atoms with Crippen molar-refractivity contribution in [1.29, 1.82) is 0 Å². The Morgan fingerprint density at radius 2 is 1.75 bits per heavy atom. The molecule has 0 aromatic heterocycles. The van der Waals surface area contributed by atoms with Crippen LogP contribution >= 0.6 is 11.8 Å². The molecule has 0 radical (unpaired) electrons. The smallest absolute Gasteiger partial charge is 0.328 e. The van der Waals surface area contributed by atoms with Gasteiger partial charge in [-0.2, -0.15) is 0 Å². The van der Waals surface area contributed by atoms with E-state index in [1.54, 1.807) is 27.7 Å². The van der Waals surface area contributed by atoms with E-state index in [0.717, 1.165) is 17.3 Å². The zero-order valence-corrected chi connectivity index (χ0v) is 15.6.